The maximum atomic E-state index is 15.0. The van der Waals surface area contributed by atoms with Gasteiger partial charge in [0.05, 0.1) is 6.61 Å². The van der Waals surface area contributed by atoms with Crippen LogP contribution in [0.1, 0.15) is 82.3 Å². The zero-order valence-corrected chi connectivity index (χ0v) is 22.2. The lowest BCUT2D eigenvalue weighted by Crippen LogP contribution is -2.15. The molecule has 0 N–H and O–H groups in total. The van der Waals surface area contributed by atoms with Crippen LogP contribution in [-0.2, 0) is 6.61 Å². The fourth-order valence-electron chi connectivity index (χ4n) is 5.38. The van der Waals surface area contributed by atoms with Crippen molar-refractivity contribution in [3.8, 4) is 22.6 Å². The molecule has 2 nitrogen and oxygen atoms in total. The van der Waals surface area contributed by atoms with Crippen molar-refractivity contribution in [1.29, 1.82) is 0 Å². The predicted molar refractivity (Wildman–Crippen MR) is 142 cm³/mol. The second kappa shape index (κ2) is 13.2. The molecule has 1 fully saturated rings. The summed E-state index contributed by atoms with van der Waals surface area (Å²) in [6.45, 7) is 4.14. The van der Waals surface area contributed by atoms with Gasteiger partial charge in [0.25, 0.3) is 0 Å². The largest absolute Gasteiger partial charge is 0.491 e. The molecular weight excluding hydrogens is 492 g/mol. The summed E-state index contributed by atoms with van der Waals surface area (Å²) in [4.78, 5) is 0. The van der Waals surface area contributed by atoms with Gasteiger partial charge in [-0.2, -0.15) is 8.78 Å². The molecule has 0 radical (unpaired) electrons. The number of unbranched alkanes of at least 4 members (excludes halogenated alkanes) is 2. The van der Waals surface area contributed by atoms with Crippen LogP contribution in [0.25, 0.3) is 11.1 Å². The zero-order chi connectivity index (χ0) is 27.1. The van der Waals surface area contributed by atoms with Crippen molar-refractivity contribution < 1.29 is 27.0 Å². The van der Waals surface area contributed by atoms with Crippen molar-refractivity contribution >= 4 is 0 Å². The molecule has 1 saturated carbocycles. The Hall–Kier alpha value is -3.02. The number of rotatable bonds is 11. The minimum Gasteiger partial charge on any atom is -0.491 e. The lowest BCUT2D eigenvalue weighted by atomic mass is 9.77. The van der Waals surface area contributed by atoms with Gasteiger partial charge in [0.2, 0.25) is 11.6 Å². The van der Waals surface area contributed by atoms with Crippen molar-refractivity contribution in [3.63, 3.8) is 0 Å². The minimum atomic E-state index is -1.03. The Morgan fingerprint density at radius 1 is 0.684 bits per heavy atom. The first-order valence-corrected chi connectivity index (χ1v) is 13.7. The molecule has 0 spiro atoms. The minimum absolute atomic E-state index is 0.0129. The van der Waals surface area contributed by atoms with E-state index in [9.17, 15) is 17.6 Å². The van der Waals surface area contributed by atoms with Crippen molar-refractivity contribution in [3.05, 3.63) is 82.9 Å². The van der Waals surface area contributed by atoms with E-state index in [1.165, 1.54) is 43.9 Å². The van der Waals surface area contributed by atoms with Gasteiger partial charge in [-0.1, -0.05) is 62.9 Å². The van der Waals surface area contributed by atoms with E-state index in [2.05, 4.69) is 6.92 Å². The molecule has 0 unspecified atom stereocenters. The maximum Gasteiger partial charge on any atom is 0.201 e. The van der Waals surface area contributed by atoms with Crippen LogP contribution >= 0.6 is 0 Å². The molecule has 0 saturated heterocycles. The van der Waals surface area contributed by atoms with Crippen LogP contribution in [0.3, 0.4) is 0 Å². The molecule has 3 aromatic rings. The van der Waals surface area contributed by atoms with E-state index in [1.54, 1.807) is 37.3 Å². The lowest BCUT2D eigenvalue weighted by molar-refractivity contribution is 0.278. The average molecular weight is 529 g/mol. The number of benzene rings is 3. The molecule has 1 aliphatic carbocycles. The SMILES string of the molecule is CCCCCC1CCC(c2ccc(OCc3ccc(-c4ccc(OCC)c(F)c4F)cc3)c(F)c2F)CC1. The van der Waals surface area contributed by atoms with E-state index >= 15 is 0 Å². The van der Waals surface area contributed by atoms with Crippen LogP contribution in [0, 0.1) is 29.2 Å². The zero-order valence-electron chi connectivity index (χ0n) is 22.2. The Kier molecular flexibility index (Phi) is 9.70. The molecule has 0 bridgehead atoms. The molecule has 0 atom stereocenters. The molecule has 1 aliphatic rings. The third-order valence-electron chi connectivity index (χ3n) is 7.59. The highest BCUT2D eigenvalue weighted by Crippen LogP contribution is 2.40. The lowest BCUT2D eigenvalue weighted by Gasteiger charge is -2.29. The van der Waals surface area contributed by atoms with E-state index in [0.717, 1.165) is 25.7 Å². The third kappa shape index (κ3) is 6.51. The van der Waals surface area contributed by atoms with Crippen LogP contribution in [0.2, 0.25) is 0 Å². The molecular formula is C32H36F4O2. The molecule has 0 heterocycles. The van der Waals surface area contributed by atoms with Gasteiger partial charge < -0.3 is 9.47 Å². The van der Waals surface area contributed by atoms with E-state index in [-0.39, 0.29) is 36.2 Å². The van der Waals surface area contributed by atoms with Gasteiger partial charge in [-0.05, 0) is 79.3 Å². The van der Waals surface area contributed by atoms with Crippen molar-refractivity contribution in [2.45, 2.75) is 77.7 Å². The second-order valence-corrected chi connectivity index (χ2v) is 10.2. The summed E-state index contributed by atoms with van der Waals surface area (Å²) < 4.78 is 69.3. The Labute approximate surface area is 223 Å². The summed E-state index contributed by atoms with van der Waals surface area (Å²) in [5, 5.41) is 0. The quantitative estimate of drug-likeness (QED) is 0.182. The van der Waals surface area contributed by atoms with Gasteiger partial charge in [0, 0.05) is 5.56 Å². The Morgan fingerprint density at radius 2 is 1.34 bits per heavy atom. The average Bonchev–Trinajstić information content (AvgIpc) is 2.93. The summed E-state index contributed by atoms with van der Waals surface area (Å²) >= 11 is 0. The van der Waals surface area contributed by atoms with Crippen LogP contribution < -0.4 is 9.47 Å². The number of hydrogen-bond donors (Lipinski definition) is 0. The highest BCUT2D eigenvalue weighted by molar-refractivity contribution is 5.65. The van der Waals surface area contributed by atoms with Crippen LogP contribution in [0.15, 0.2) is 48.5 Å². The standard InChI is InChI=1S/C32H36F4O2/c1-3-5-6-7-21-8-12-23(13-9-21)26-17-19-28(32(36)30(26)34)38-20-22-10-14-24(15-11-22)25-16-18-27(37-4-2)31(35)29(25)33/h10-11,14-19,21,23H,3-9,12-13,20H2,1-2H3. The molecule has 204 valence electrons. The van der Waals surface area contributed by atoms with Gasteiger partial charge in [-0.25, -0.2) is 8.78 Å². The fraction of sp³-hybridized carbons (Fsp3) is 0.438. The highest BCUT2D eigenvalue weighted by Gasteiger charge is 2.26. The summed E-state index contributed by atoms with van der Waals surface area (Å²) in [7, 11) is 0. The van der Waals surface area contributed by atoms with Crippen molar-refractivity contribution in [1.82, 2.24) is 0 Å². The molecule has 3 aromatic carbocycles. The van der Waals surface area contributed by atoms with Crippen molar-refractivity contribution in [2.75, 3.05) is 6.61 Å². The van der Waals surface area contributed by atoms with E-state index in [1.807, 2.05) is 0 Å². The van der Waals surface area contributed by atoms with Gasteiger partial charge in [0.15, 0.2) is 23.1 Å². The fourth-order valence-corrected chi connectivity index (χ4v) is 5.38. The monoisotopic (exact) mass is 528 g/mol. The number of hydrogen-bond acceptors (Lipinski definition) is 2. The normalized spacial score (nSPS) is 17.4. The number of halogens is 4. The molecule has 6 heteroatoms. The first-order chi connectivity index (χ1) is 18.4. The van der Waals surface area contributed by atoms with E-state index in [0.29, 0.717) is 22.6 Å². The van der Waals surface area contributed by atoms with Crippen LogP contribution in [0.5, 0.6) is 11.5 Å². The van der Waals surface area contributed by atoms with Gasteiger partial charge in [-0.3, -0.25) is 0 Å². The highest BCUT2D eigenvalue weighted by atomic mass is 19.2. The van der Waals surface area contributed by atoms with Gasteiger partial charge >= 0.3 is 0 Å². The first kappa shape index (κ1) is 28.0. The molecule has 4 rings (SSSR count). The van der Waals surface area contributed by atoms with E-state index in [4.69, 9.17) is 9.47 Å². The van der Waals surface area contributed by atoms with Gasteiger partial charge in [-0.15, -0.1) is 0 Å². The number of ether oxygens (including phenoxy) is 2. The molecule has 38 heavy (non-hydrogen) atoms. The predicted octanol–water partition coefficient (Wildman–Crippen LogP) is 9.74. The third-order valence-corrected chi connectivity index (χ3v) is 7.59. The second-order valence-electron chi connectivity index (χ2n) is 10.2. The molecule has 0 amide bonds. The Bertz CT molecular complexity index is 1200. The molecule has 0 aliphatic heterocycles. The summed E-state index contributed by atoms with van der Waals surface area (Å²) in [6, 6.07) is 12.7. The first-order valence-electron chi connectivity index (χ1n) is 13.7. The summed E-state index contributed by atoms with van der Waals surface area (Å²) in [5.74, 6) is -3.32. The molecule has 0 aromatic heterocycles. The Morgan fingerprint density at radius 3 is 2.03 bits per heavy atom. The van der Waals surface area contributed by atoms with Crippen LogP contribution in [-0.4, -0.2) is 6.61 Å². The summed E-state index contributed by atoms with van der Waals surface area (Å²) in [5.41, 5.74) is 1.72. The smallest absolute Gasteiger partial charge is 0.201 e. The Balaban J connectivity index is 1.36. The van der Waals surface area contributed by atoms with Crippen LogP contribution in [0.4, 0.5) is 17.6 Å². The summed E-state index contributed by atoms with van der Waals surface area (Å²) in [6.07, 6.45) is 8.86. The van der Waals surface area contributed by atoms with E-state index < -0.39 is 23.3 Å². The van der Waals surface area contributed by atoms with Gasteiger partial charge in [0.1, 0.15) is 6.61 Å². The van der Waals surface area contributed by atoms with Crippen molar-refractivity contribution in [2.24, 2.45) is 5.92 Å². The maximum absolute atomic E-state index is 15.0. The topological polar surface area (TPSA) is 18.5 Å².